The van der Waals surface area contributed by atoms with Crippen molar-refractivity contribution in [1.29, 1.82) is 0 Å². The van der Waals surface area contributed by atoms with Crippen molar-refractivity contribution in [3.8, 4) is 0 Å². The number of carbonyl (C=O) groups is 2. The highest BCUT2D eigenvalue weighted by Crippen LogP contribution is 2.32. The van der Waals surface area contributed by atoms with Crippen LogP contribution >= 0.6 is 11.3 Å². The molecule has 2 aromatic rings. The standard InChI is InChI=1S/C18H20FN3O5S2/c1-10-11(2)28-18(15(10)16(20)23)21-17(24)13-9-12(3-4-14(13)19)29(25,26)22-5-7-27-8-6-22/h3-4,9H,5-8H2,1-2H3,(H2,20,23)(H,21,24). The van der Waals surface area contributed by atoms with Crippen molar-refractivity contribution in [3.63, 3.8) is 0 Å². The first-order valence-electron chi connectivity index (χ1n) is 8.71. The minimum atomic E-state index is -3.90. The number of primary amides is 1. The van der Waals surface area contributed by atoms with E-state index in [2.05, 4.69) is 5.32 Å². The Hall–Kier alpha value is -2.34. The van der Waals surface area contributed by atoms with Gasteiger partial charge in [-0.25, -0.2) is 12.8 Å². The molecule has 11 heteroatoms. The first kappa shape index (κ1) is 21.4. The van der Waals surface area contributed by atoms with E-state index in [4.69, 9.17) is 10.5 Å². The zero-order valence-electron chi connectivity index (χ0n) is 15.8. The molecule has 8 nitrogen and oxygen atoms in total. The van der Waals surface area contributed by atoms with Crippen LogP contribution in [0.15, 0.2) is 23.1 Å². The molecule has 0 atom stereocenters. The van der Waals surface area contributed by atoms with Crippen LogP contribution in [0, 0.1) is 19.7 Å². The quantitative estimate of drug-likeness (QED) is 0.734. The number of nitrogens with one attached hydrogen (secondary N) is 1. The molecule has 1 saturated heterocycles. The molecule has 0 spiro atoms. The summed E-state index contributed by atoms with van der Waals surface area (Å²) < 4.78 is 46.3. The number of carbonyl (C=O) groups excluding carboxylic acids is 2. The van der Waals surface area contributed by atoms with Crippen molar-refractivity contribution in [2.24, 2.45) is 5.73 Å². The lowest BCUT2D eigenvalue weighted by Crippen LogP contribution is -2.40. The summed E-state index contributed by atoms with van der Waals surface area (Å²) in [6.45, 7) is 4.34. The topological polar surface area (TPSA) is 119 Å². The van der Waals surface area contributed by atoms with Gasteiger partial charge in [-0.1, -0.05) is 0 Å². The van der Waals surface area contributed by atoms with E-state index in [0.717, 1.165) is 34.4 Å². The Labute approximate surface area is 171 Å². The van der Waals surface area contributed by atoms with Gasteiger partial charge in [0.25, 0.3) is 11.8 Å². The Morgan fingerprint density at radius 1 is 1.24 bits per heavy atom. The van der Waals surface area contributed by atoms with E-state index >= 15 is 0 Å². The van der Waals surface area contributed by atoms with Crippen molar-refractivity contribution in [2.45, 2.75) is 18.7 Å². The van der Waals surface area contributed by atoms with Crippen LogP contribution in [0.3, 0.4) is 0 Å². The Bertz CT molecular complexity index is 1080. The molecule has 1 fully saturated rings. The molecule has 0 aliphatic carbocycles. The molecule has 1 aromatic carbocycles. The number of amides is 2. The molecule has 0 bridgehead atoms. The van der Waals surface area contributed by atoms with E-state index in [-0.39, 0.29) is 41.8 Å². The molecule has 0 saturated carbocycles. The van der Waals surface area contributed by atoms with Gasteiger partial charge in [0, 0.05) is 18.0 Å². The van der Waals surface area contributed by atoms with Gasteiger partial charge in [-0.2, -0.15) is 4.31 Å². The lowest BCUT2D eigenvalue weighted by Gasteiger charge is -2.26. The largest absolute Gasteiger partial charge is 0.379 e. The average molecular weight is 442 g/mol. The molecule has 2 amide bonds. The van der Waals surface area contributed by atoms with Crippen molar-refractivity contribution < 1.29 is 27.1 Å². The molecule has 2 heterocycles. The number of ether oxygens (including phenoxy) is 1. The number of hydrogen-bond donors (Lipinski definition) is 2. The van der Waals surface area contributed by atoms with Gasteiger partial charge < -0.3 is 15.8 Å². The minimum absolute atomic E-state index is 0.151. The highest BCUT2D eigenvalue weighted by Gasteiger charge is 2.28. The Morgan fingerprint density at radius 3 is 2.52 bits per heavy atom. The first-order valence-corrected chi connectivity index (χ1v) is 11.0. The maximum Gasteiger partial charge on any atom is 0.259 e. The van der Waals surface area contributed by atoms with E-state index in [0.29, 0.717) is 5.56 Å². The number of morpholine rings is 1. The molecular formula is C18H20FN3O5S2. The lowest BCUT2D eigenvalue weighted by molar-refractivity contribution is 0.0730. The van der Waals surface area contributed by atoms with E-state index < -0.39 is 33.2 Å². The Balaban J connectivity index is 1.94. The first-order chi connectivity index (χ1) is 13.6. The van der Waals surface area contributed by atoms with Gasteiger partial charge in [-0.15, -0.1) is 11.3 Å². The summed E-state index contributed by atoms with van der Waals surface area (Å²) in [6.07, 6.45) is 0. The van der Waals surface area contributed by atoms with E-state index in [9.17, 15) is 22.4 Å². The fourth-order valence-corrected chi connectivity index (χ4v) is 5.45. The third-order valence-electron chi connectivity index (χ3n) is 4.65. The highest BCUT2D eigenvalue weighted by molar-refractivity contribution is 7.89. The minimum Gasteiger partial charge on any atom is -0.379 e. The average Bonchev–Trinajstić information content (AvgIpc) is 2.96. The van der Waals surface area contributed by atoms with Gasteiger partial charge in [-0.05, 0) is 37.6 Å². The molecule has 0 radical (unpaired) electrons. The summed E-state index contributed by atoms with van der Waals surface area (Å²) in [7, 11) is -3.90. The van der Waals surface area contributed by atoms with Crippen LogP contribution in [0.5, 0.6) is 0 Å². The molecule has 3 N–H and O–H groups in total. The molecule has 1 aromatic heterocycles. The summed E-state index contributed by atoms with van der Waals surface area (Å²) in [6, 6.07) is 3.04. The number of nitrogens with zero attached hydrogens (tertiary/aromatic N) is 1. The normalized spacial score (nSPS) is 15.3. The van der Waals surface area contributed by atoms with Crippen molar-refractivity contribution in [2.75, 3.05) is 31.6 Å². The van der Waals surface area contributed by atoms with Crippen LogP contribution in [0.25, 0.3) is 0 Å². The summed E-state index contributed by atoms with van der Waals surface area (Å²) in [5, 5.41) is 2.67. The number of nitrogens with two attached hydrogens (primary N) is 1. The maximum absolute atomic E-state index is 14.3. The van der Waals surface area contributed by atoms with Gasteiger partial charge >= 0.3 is 0 Å². The second-order valence-corrected chi connectivity index (χ2v) is 9.63. The molecule has 0 unspecified atom stereocenters. The molecule has 1 aliphatic rings. The zero-order chi connectivity index (χ0) is 21.3. The van der Waals surface area contributed by atoms with Gasteiger partial charge in [-0.3, -0.25) is 9.59 Å². The summed E-state index contributed by atoms with van der Waals surface area (Å²) >= 11 is 1.14. The predicted octanol–water partition coefficient (Wildman–Crippen LogP) is 1.88. The van der Waals surface area contributed by atoms with Crippen LogP contribution in [-0.4, -0.2) is 50.8 Å². The van der Waals surface area contributed by atoms with Crippen LogP contribution in [0.2, 0.25) is 0 Å². The lowest BCUT2D eigenvalue weighted by atomic mass is 10.1. The number of anilines is 1. The number of hydrogen-bond acceptors (Lipinski definition) is 6. The molecule has 156 valence electrons. The monoisotopic (exact) mass is 441 g/mol. The van der Waals surface area contributed by atoms with Crippen LogP contribution in [0.4, 0.5) is 9.39 Å². The van der Waals surface area contributed by atoms with Crippen molar-refractivity contribution >= 4 is 38.2 Å². The van der Waals surface area contributed by atoms with Crippen LogP contribution in [0.1, 0.15) is 31.2 Å². The number of halogens is 1. The van der Waals surface area contributed by atoms with E-state index in [1.165, 1.54) is 4.31 Å². The molecular weight excluding hydrogens is 421 g/mol. The Kier molecular flexibility index (Phi) is 6.03. The van der Waals surface area contributed by atoms with E-state index in [1.54, 1.807) is 13.8 Å². The van der Waals surface area contributed by atoms with Crippen LogP contribution in [-0.2, 0) is 14.8 Å². The van der Waals surface area contributed by atoms with Gasteiger partial charge in [0.15, 0.2) is 0 Å². The van der Waals surface area contributed by atoms with Crippen LogP contribution < -0.4 is 11.1 Å². The maximum atomic E-state index is 14.3. The number of thiophene rings is 1. The van der Waals surface area contributed by atoms with Gasteiger partial charge in [0.05, 0.1) is 29.2 Å². The molecule has 1 aliphatic heterocycles. The summed E-state index contributed by atoms with van der Waals surface area (Å²) in [5.41, 5.74) is 5.72. The Morgan fingerprint density at radius 2 is 1.90 bits per heavy atom. The summed E-state index contributed by atoms with van der Waals surface area (Å²) in [5.74, 6) is -2.47. The second kappa shape index (κ2) is 8.19. The predicted molar refractivity (Wildman–Crippen MR) is 106 cm³/mol. The SMILES string of the molecule is Cc1sc(NC(=O)c2cc(S(=O)(=O)N3CCOCC3)ccc2F)c(C(N)=O)c1C. The van der Waals surface area contributed by atoms with Gasteiger partial charge in [0.2, 0.25) is 10.0 Å². The summed E-state index contributed by atoms with van der Waals surface area (Å²) in [4.78, 5) is 25.0. The fraction of sp³-hybridized carbons (Fsp3) is 0.333. The number of rotatable bonds is 5. The van der Waals surface area contributed by atoms with Crippen molar-refractivity contribution in [3.05, 3.63) is 45.6 Å². The second-order valence-electron chi connectivity index (χ2n) is 6.46. The highest BCUT2D eigenvalue weighted by atomic mass is 32.2. The van der Waals surface area contributed by atoms with E-state index in [1.807, 2.05) is 0 Å². The van der Waals surface area contributed by atoms with Crippen molar-refractivity contribution in [1.82, 2.24) is 4.31 Å². The number of benzene rings is 1. The zero-order valence-corrected chi connectivity index (χ0v) is 17.5. The smallest absolute Gasteiger partial charge is 0.259 e. The fourth-order valence-electron chi connectivity index (χ4n) is 2.96. The number of sulfonamides is 1. The molecule has 3 rings (SSSR count). The van der Waals surface area contributed by atoms with Gasteiger partial charge in [0.1, 0.15) is 10.8 Å². The number of aryl methyl sites for hydroxylation is 1. The third kappa shape index (κ3) is 4.17. The molecule has 29 heavy (non-hydrogen) atoms. The third-order valence-corrected chi connectivity index (χ3v) is 7.67.